The molecule has 0 saturated carbocycles. The summed E-state index contributed by atoms with van der Waals surface area (Å²) in [6.45, 7) is 4.37. The Kier molecular flexibility index (Phi) is 4.81. The van der Waals surface area contributed by atoms with E-state index in [4.69, 9.17) is 4.52 Å². The molecule has 2 aromatic rings. The molecule has 0 spiro atoms. The molecule has 0 aliphatic carbocycles. The lowest BCUT2D eigenvalue weighted by Crippen LogP contribution is -2.34. The van der Waals surface area contributed by atoms with E-state index in [2.05, 4.69) is 20.4 Å². The minimum Gasteiger partial charge on any atom is -0.337 e. The van der Waals surface area contributed by atoms with Crippen LogP contribution in [0.3, 0.4) is 0 Å². The summed E-state index contributed by atoms with van der Waals surface area (Å²) in [4.78, 5) is 21.4. The fraction of sp³-hybridized carbons (Fsp3) is 0.385. The number of pyridine rings is 1. The second-order valence-electron chi connectivity index (χ2n) is 4.29. The van der Waals surface area contributed by atoms with E-state index < -0.39 is 5.82 Å². The number of anilines is 1. The monoisotopic (exact) mass is 293 g/mol. The van der Waals surface area contributed by atoms with E-state index in [-0.39, 0.29) is 12.6 Å². The number of amides is 2. The molecule has 2 rings (SSSR count). The molecule has 2 aromatic heterocycles. The molecule has 0 fully saturated rings. The summed E-state index contributed by atoms with van der Waals surface area (Å²) in [5.74, 6) is 0.442. The number of nitrogens with zero attached hydrogens (tertiary/aromatic N) is 4. The van der Waals surface area contributed by atoms with Crippen molar-refractivity contribution in [3.63, 3.8) is 0 Å². The fourth-order valence-corrected chi connectivity index (χ4v) is 1.67. The van der Waals surface area contributed by atoms with Gasteiger partial charge < -0.3 is 14.7 Å². The normalized spacial score (nSPS) is 10.4. The van der Waals surface area contributed by atoms with Gasteiger partial charge in [0.1, 0.15) is 12.4 Å². The highest BCUT2D eigenvalue weighted by atomic mass is 19.1. The maximum atomic E-state index is 13.0. The fourth-order valence-electron chi connectivity index (χ4n) is 1.67. The average molecular weight is 293 g/mol. The Labute approximate surface area is 121 Å². The summed E-state index contributed by atoms with van der Waals surface area (Å²) < 4.78 is 18.1. The Morgan fingerprint density at radius 2 is 2.24 bits per heavy atom. The molecule has 8 heteroatoms. The zero-order valence-electron chi connectivity index (χ0n) is 11.8. The van der Waals surface area contributed by atoms with E-state index in [0.717, 1.165) is 6.20 Å². The SMILES string of the molecule is CCc1noc(CN(CC)C(=O)Nc2cncc(F)c2)n1. The minimum absolute atomic E-state index is 0.193. The molecule has 0 unspecified atom stereocenters. The number of carbonyl (C=O) groups is 1. The molecule has 0 bridgehead atoms. The predicted molar refractivity (Wildman–Crippen MR) is 73.0 cm³/mol. The molecule has 7 nitrogen and oxygen atoms in total. The van der Waals surface area contributed by atoms with Gasteiger partial charge >= 0.3 is 6.03 Å². The maximum absolute atomic E-state index is 13.0. The van der Waals surface area contributed by atoms with Crippen LogP contribution in [0.5, 0.6) is 0 Å². The smallest absolute Gasteiger partial charge is 0.322 e. The molecule has 0 radical (unpaired) electrons. The number of nitrogens with one attached hydrogen (secondary N) is 1. The molecular formula is C13H16FN5O2. The number of aromatic nitrogens is 3. The van der Waals surface area contributed by atoms with E-state index in [1.165, 1.54) is 17.2 Å². The quantitative estimate of drug-likeness (QED) is 0.913. The van der Waals surface area contributed by atoms with Gasteiger partial charge in [0.2, 0.25) is 5.89 Å². The number of rotatable bonds is 5. The van der Waals surface area contributed by atoms with Crippen molar-refractivity contribution in [1.82, 2.24) is 20.0 Å². The molecule has 0 aliphatic heterocycles. The second-order valence-corrected chi connectivity index (χ2v) is 4.29. The van der Waals surface area contributed by atoms with Gasteiger partial charge in [-0.25, -0.2) is 9.18 Å². The third kappa shape index (κ3) is 3.98. The molecule has 0 atom stereocenters. The van der Waals surface area contributed by atoms with Crippen LogP contribution in [0.4, 0.5) is 14.9 Å². The Bertz CT molecular complexity index is 616. The summed E-state index contributed by atoms with van der Waals surface area (Å²) in [6, 6.07) is 0.807. The first-order valence-corrected chi connectivity index (χ1v) is 6.60. The van der Waals surface area contributed by atoms with Crippen LogP contribution < -0.4 is 5.32 Å². The van der Waals surface area contributed by atoms with Crippen molar-refractivity contribution in [3.8, 4) is 0 Å². The molecule has 0 aromatic carbocycles. The van der Waals surface area contributed by atoms with Crippen molar-refractivity contribution in [1.29, 1.82) is 0 Å². The summed E-state index contributed by atoms with van der Waals surface area (Å²) in [7, 11) is 0. The zero-order chi connectivity index (χ0) is 15.2. The first-order valence-electron chi connectivity index (χ1n) is 6.60. The van der Waals surface area contributed by atoms with Crippen LogP contribution in [0.2, 0.25) is 0 Å². The van der Waals surface area contributed by atoms with Gasteiger partial charge in [-0.15, -0.1) is 0 Å². The van der Waals surface area contributed by atoms with Gasteiger partial charge in [0.15, 0.2) is 5.82 Å². The van der Waals surface area contributed by atoms with Gasteiger partial charge in [-0.05, 0) is 6.92 Å². The first-order chi connectivity index (χ1) is 10.1. The lowest BCUT2D eigenvalue weighted by Gasteiger charge is -2.19. The molecule has 2 amide bonds. The minimum atomic E-state index is -0.514. The molecule has 0 aliphatic rings. The number of hydrogen-bond acceptors (Lipinski definition) is 5. The number of carbonyl (C=O) groups excluding carboxylic acids is 1. The predicted octanol–water partition coefficient (Wildman–Crippen LogP) is 2.22. The van der Waals surface area contributed by atoms with Gasteiger partial charge in [-0.2, -0.15) is 4.98 Å². The lowest BCUT2D eigenvalue weighted by atomic mass is 10.4. The van der Waals surface area contributed by atoms with E-state index in [1.54, 1.807) is 0 Å². The van der Waals surface area contributed by atoms with Crippen LogP contribution in [-0.4, -0.2) is 32.6 Å². The van der Waals surface area contributed by atoms with Crippen molar-refractivity contribution in [2.75, 3.05) is 11.9 Å². The number of aryl methyl sites for hydroxylation is 1. The van der Waals surface area contributed by atoms with Crippen LogP contribution >= 0.6 is 0 Å². The van der Waals surface area contributed by atoms with E-state index >= 15 is 0 Å². The Morgan fingerprint density at radius 1 is 1.43 bits per heavy atom. The number of hydrogen-bond donors (Lipinski definition) is 1. The standard InChI is InChI=1S/C13H16FN5O2/c1-3-11-17-12(21-18-11)8-19(4-2)13(20)16-10-5-9(14)6-15-7-10/h5-7H,3-4,8H2,1-2H3,(H,16,20). The van der Waals surface area contributed by atoms with Crippen LogP contribution in [-0.2, 0) is 13.0 Å². The second kappa shape index (κ2) is 6.78. The van der Waals surface area contributed by atoms with Crippen molar-refractivity contribution < 1.29 is 13.7 Å². The van der Waals surface area contributed by atoms with Crippen LogP contribution in [0.15, 0.2) is 23.0 Å². The van der Waals surface area contributed by atoms with Crippen molar-refractivity contribution in [2.45, 2.75) is 26.8 Å². The third-order valence-corrected chi connectivity index (χ3v) is 2.78. The van der Waals surface area contributed by atoms with Gasteiger partial charge in [-0.3, -0.25) is 4.98 Å². The first kappa shape index (κ1) is 14.9. The zero-order valence-corrected chi connectivity index (χ0v) is 11.8. The van der Waals surface area contributed by atoms with Gasteiger partial charge in [-0.1, -0.05) is 12.1 Å². The van der Waals surface area contributed by atoms with Crippen molar-refractivity contribution in [3.05, 3.63) is 36.0 Å². The van der Waals surface area contributed by atoms with Crippen LogP contribution in [0.25, 0.3) is 0 Å². The highest BCUT2D eigenvalue weighted by molar-refractivity contribution is 5.89. The molecular weight excluding hydrogens is 277 g/mol. The Hall–Kier alpha value is -2.51. The lowest BCUT2D eigenvalue weighted by molar-refractivity contribution is 0.203. The largest absolute Gasteiger partial charge is 0.337 e. The van der Waals surface area contributed by atoms with E-state index in [9.17, 15) is 9.18 Å². The Morgan fingerprint density at radius 3 is 2.86 bits per heavy atom. The average Bonchev–Trinajstić information content (AvgIpc) is 2.92. The molecule has 0 saturated heterocycles. The van der Waals surface area contributed by atoms with Gasteiger partial charge in [0.05, 0.1) is 18.1 Å². The van der Waals surface area contributed by atoms with Crippen LogP contribution in [0.1, 0.15) is 25.6 Å². The molecule has 1 N–H and O–H groups in total. The molecule has 112 valence electrons. The van der Waals surface area contributed by atoms with Gasteiger partial charge in [0, 0.05) is 19.0 Å². The maximum Gasteiger partial charge on any atom is 0.322 e. The van der Waals surface area contributed by atoms with E-state index in [1.807, 2.05) is 13.8 Å². The summed E-state index contributed by atoms with van der Waals surface area (Å²) in [5, 5.41) is 6.34. The number of urea groups is 1. The van der Waals surface area contributed by atoms with E-state index in [0.29, 0.717) is 30.4 Å². The summed E-state index contributed by atoms with van der Waals surface area (Å²) in [6.07, 6.45) is 3.10. The molecule has 2 heterocycles. The highest BCUT2D eigenvalue weighted by Crippen LogP contribution is 2.10. The van der Waals surface area contributed by atoms with Crippen molar-refractivity contribution >= 4 is 11.7 Å². The van der Waals surface area contributed by atoms with Crippen LogP contribution in [0, 0.1) is 5.82 Å². The molecule has 21 heavy (non-hydrogen) atoms. The highest BCUT2D eigenvalue weighted by Gasteiger charge is 2.16. The third-order valence-electron chi connectivity index (χ3n) is 2.78. The summed E-state index contributed by atoms with van der Waals surface area (Å²) >= 11 is 0. The number of halogens is 1. The summed E-state index contributed by atoms with van der Waals surface area (Å²) in [5.41, 5.74) is 0.290. The van der Waals surface area contributed by atoms with Crippen molar-refractivity contribution in [2.24, 2.45) is 0 Å². The topological polar surface area (TPSA) is 84.2 Å². The Balaban J connectivity index is 2.01. The van der Waals surface area contributed by atoms with Gasteiger partial charge in [0.25, 0.3) is 0 Å².